The zero-order valence-corrected chi connectivity index (χ0v) is 18.5. The van der Waals surface area contributed by atoms with E-state index in [1.54, 1.807) is 7.11 Å². The largest absolute Gasteiger partial charge is 0.385 e. The second kappa shape index (κ2) is 10.3. The number of ether oxygens (including phenoxy) is 1. The molecular weight excluding hydrogens is 455 g/mol. The molecule has 0 radical (unpaired) electrons. The monoisotopic (exact) mass is 486 g/mol. The van der Waals surface area contributed by atoms with Crippen LogP contribution in [0.15, 0.2) is 29.3 Å². The molecule has 1 amide bonds. The third-order valence-electron chi connectivity index (χ3n) is 5.33. The standard InChI is InChI=1S/C20H30N4O2.HI/c1-3-21-19(23-14-20(8-9-20)10-11-26-2)22-13-15-12-18(25)24-17-7-5-4-6-16(15)17;/h4-7,15H,3,8-14H2,1-2H3,(H,24,25)(H2,21,22,23);1H. The van der Waals surface area contributed by atoms with E-state index in [9.17, 15) is 4.79 Å². The van der Waals surface area contributed by atoms with Gasteiger partial charge in [0.25, 0.3) is 0 Å². The molecule has 1 aromatic rings. The normalized spacial score (nSPS) is 20.1. The van der Waals surface area contributed by atoms with Crippen LogP contribution in [0.3, 0.4) is 0 Å². The maximum atomic E-state index is 12.0. The van der Waals surface area contributed by atoms with Gasteiger partial charge in [-0.3, -0.25) is 9.79 Å². The van der Waals surface area contributed by atoms with Crippen LogP contribution >= 0.6 is 24.0 Å². The van der Waals surface area contributed by atoms with Gasteiger partial charge in [-0.05, 0) is 43.2 Å². The zero-order chi connectivity index (χ0) is 18.4. The average Bonchev–Trinajstić information content (AvgIpc) is 3.42. The molecule has 2 aliphatic rings. The van der Waals surface area contributed by atoms with Crippen LogP contribution in [-0.4, -0.2) is 45.2 Å². The van der Waals surface area contributed by atoms with Gasteiger partial charge in [-0.2, -0.15) is 0 Å². The van der Waals surface area contributed by atoms with E-state index in [-0.39, 0.29) is 35.8 Å². The molecule has 0 aromatic heterocycles. The number of hydrogen-bond donors (Lipinski definition) is 3. The lowest BCUT2D eigenvalue weighted by Crippen LogP contribution is -2.41. The molecule has 1 saturated carbocycles. The third kappa shape index (κ3) is 6.07. The number of guanidine groups is 1. The molecule has 1 fully saturated rings. The molecule has 1 aliphatic carbocycles. The summed E-state index contributed by atoms with van der Waals surface area (Å²) in [4.78, 5) is 16.8. The molecule has 1 aliphatic heterocycles. The number of nitrogens with zero attached hydrogens (tertiary/aromatic N) is 1. The second-order valence-corrected chi connectivity index (χ2v) is 7.36. The van der Waals surface area contributed by atoms with Crippen molar-refractivity contribution in [2.45, 2.75) is 38.5 Å². The van der Waals surface area contributed by atoms with Crippen molar-refractivity contribution in [3.63, 3.8) is 0 Å². The molecule has 150 valence electrons. The summed E-state index contributed by atoms with van der Waals surface area (Å²) in [5.41, 5.74) is 2.44. The van der Waals surface area contributed by atoms with Gasteiger partial charge in [0.2, 0.25) is 5.91 Å². The van der Waals surface area contributed by atoms with Crippen LogP contribution in [0.2, 0.25) is 0 Å². The summed E-state index contributed by atoms with van der Waals surface area (Å²) in [6.07, 6.45) is 4.04. The fourth-order valence-electron chi connectivity index (χ4n) is 3.47. The second-order valence-electron chi connectivity index (χ2n) is 7.36. The van der Waals surface area contributed by atoms with Crippen molar-refractivity contribution in [2.24, 2.45) is 10.4 Å². The molecule has 1 aromatic carbocycles. The molecule has 1 unspecified atom stereocenters. The lowest BCUT2D eigenvalue weighted by atomic mass is 9.90. The van der Waals surface area contributed by atoms with Crippen LogP contribution in [0.25, 0.3) is 0 Å². The molecule has 7 heteroatoms. The number of anilines is 1. The van der Waals surface area contributed by atoms with Crippen LogP contribution in [0, 0.1) is 5.41 Å². The summed E-state index contributed by atoms with van der Waals surface area (Å²) in [7, 11) is 1.75. The number of benzene rings is 1. The molecule has 0 bridgehead atoms. The Labute approximate surface area is 178 Å². The number of carbonyl (C=O) groups is 1. The van der Waals surface area contributed by atoms with Crippen molar-refractivity contribution in [3.8, 4) is 0 Å². The molecular formula is C20H31IN4O2. The molecule has 0 spiro atoms. The molecule has 0 saturated heterocycles. The topological polar surface area (TPSA) is 74.8 Å². The van der Waals surface area contributed by atoms with Crippen molar-refractivity contribution < 1.29 is 9.53 Å². The fraction of sp³-hybridized carbons (Fsp3) is 0.600. The predicted octanol–water partition coefficient (Wildman–Crippen LogP) is 3.10. The van der Waals surface area contributed by atoms with Crippen molar-refractivity contribution in [1.29, 1.82) is 0 Å². The Morgan fingerprint density at radius 1 is 1.33 bits per heavy atom. The van der Waals surface area contributed by atoms with Gasteiger partial charge in [0.1, 0.15) is 0 Å². The molecule has 1 heterocycles. The molecule has 6 nitrogen and oxygen atoms in total. The molecule has 27 heavy (non-hydrogen) atoms. The van der Waals surface area contributed by atoms with Crippen LogP contribution in [0.1, 0.15) is 44.1 Å². The van der Waals surface area contributed by atoms with Crippen LogP contribution in [0.5, 0.6) is 0 Å². The Morgan fingerprint density at radius 2 is 2.11 bits per heavy atom. The zero-order valence-electron chi connectivity index (χ0n) is 16.2. The maximum absolute atomic E-state index is 12.0. The highest BCUT2D eigenvalue weighted by atomic mass is 127. The van der Waals surface area contributed by atoms with Crippen LogP contribution < -0.4 is 16.0 Å². The SMILES string of the molecule is CCNC(=NCC1(CCOC)CC1)NCC1CC(=O)Nc2ccccc21.I. The van der Waals surface area contributed by atoms with Gasteiger partial charge in [0.15, 0.2) is 5.96 Å². The van der Waals surface area contributed by atoms with Gasteiger partial charge in [-0.15, -0.1) is 24.0 Å². The fourth-order valence-corrected chi connectivity index (χ4v) is 3.47. The first-order chi connectivity index (χ1) is 12.7. The molecule has 1 atom stereocenters. The van der Waals surface area contributed by atoms with Crippen molar-refractivity contribution in [2.75, 3.05) is 38.7 Å². The van der Waals surface area contributed by atoms with E-state index in [4.69, 9.17) is 9.73 Å². The summed E-state index contributed by atoms with van der Waals surface area (Å²) < 4.78 is 5.22. The minimum absolute atomic E-state index is 0. The number of hydrogen-bond acceptors (Lipinski definition) is 3. The van der Waals surface area contributed by atoms with E-state index in [2.05, 4.69) is 28.9 Å². The highest BCUT2D eigenvalue weighted by molar-refractivity contribution is 14.0. The smallest absolute Gasteiger partial charge is 0.225 e. The van der Waals surface area contributed by atoms with Crippen molar-refractivity contribution in [1.82, 2.24) is 10.6 Å². The first-order valence-corrected chi connectivity index (χ1v) is 9.56. The summed E-state index contributed by atoms with van der Waals surface area (Å²) in [5, 5.41) is 9.71. The number of fused-ring (bicyclic) bond motifs is 1. The third-order valence-corrected chi connectivity index (χ3v) is 5.33. The van der Waals surface area contributed by atoms with E-state index < -0.39 is 0 Å². The number of aliphatic imine (C=N–C) groups is 1. The minimum Gasteiger partial charge on any atom is -0.385 e. The quantitative estimate of drug-likeness (QED) is 0.300. The maximum Gasteiger partial charge on any atom is 0.225 e. The predicted molar refractivity (Wildman–Crippen MR) is 120 cm³/mol. The summed E-state index contributed by atoms with van der Waals surface area (Å²) >= 11 is 0. The Morgan fingerprint density at radius 3 is 2.81 bits per heavy atom. The van der Waals surface area contributed by atoms with Gasteiger partial charge >= 0.3 is 0 Å². The number of carbonyl (C=O) groups excluding carboxylic acids is 1. The Bertz CT molecular complexity index is 661. The Kier molecular flexibility index (Phi) is 8.34. The summed E-state index contributed by atoms with van der Waals surface area (Å²) in [6.45, 7) is 5.21. The van der Waals surface area contributed by atoms with E-state index in [0.29, 0.717) is 18.4 Å². The van der Waals surface area contributed by atoms with Gasteiger partial charge in [0.05, 0.1) is 0 Å². The first kappa shape index (κ1) is 21.9. The first-order valence-electron chi connectivity index (χ1n) is 9.56. The van der Waals surface area contributed by atoms with Crippen LogP contribution in [0.4, 0.5) is 5.69 Å². The number of nitrogens with one attached hydrogen (secondary N) is 3. The van der Waals surface area contributed by atoms with E-state index in [0.717, 1.165) is 37.8 Å². The van der Waals surface area contributed by atoms with E-state index in [1.807, 2.05) is 18.2 Å². The van der Waals surface area contributed by atoms with Crippen molar-refractivity contribution >= 4 is 41.5 Å². The molecule has 3 rings (SSSR count). The lowest BCUT2D eigenvalue weighted by molar-refractivity contribution is -0.116. The number of halogens is 1. The number of amides is 1. The van der Waals surface area contributed by atoms with Gasteiger partial charge in [0, 0.05) is 51.4 Å². The van der Waals surface area contributed by atoms with Gasteiger partial charge < -0.3 is 20.7 Å². The van der Waals surface area contributed by atoms with Gasteiger partial charge in [-0.1, -0.05) is 18.2 Å². The number of rotatable bonds is 8. The lowest BCUT2D eigenvalue weighted by Gasteiger charge is -2.26. The number of para-hydroxylation sites is 1. The van der Waals surface area contributed by atoms with Gasteiger partial charge in [-0.25, -0.2) is 0 Å². The minimum atomic E-state index is 0. The average molecular weight is 486 g/mol. The highest BCUT2D eigenvalue weighted by Crippen LogP contribution is 2.48. The molecule has 3 N–H and O–H groups in total. The Balaban J connectivity index is 0.00000261. The summed E-state index contributed by atoms with van der Waals surface area (Å²) in [5.74, 6) is 1.07. The number of methoxy groups -OCH3 is 1. The Hall–Kier alpha value is -1.35. The van der Waals surface area contributed by atoms with Crippen molar-refractivity contribution in [3.05, 3.63) is 29.8 Å². The highest BCUT2D eigenvalue weighted by Gasteiger charge is 2.41. The summed E-state index contributed by atoms with van der Waals surface area (Å²) in [6, 6.07) is 8.03. The van der Waals surface area contributed by atoms with E-state index in [1.165, 1.54) is 18.4 Å². The van der Waals surface area contributed by atoms with Crippen LogP contribution in [-0.2, 0) is 9.53 Å². The van der Waals surface area contributed by atoms with E-state index >= 15 is 0 Å².